The summed E-state index contributed by atoms with van der Waals surface area (Å²) in [4.78, 5) is 6.60. The molecule has 4 rings (SSSR count). The first kappa shape index (κ1) is 16.6. The van der Waals surface area contributed by atoms with Crippen LogP contribution in [0.15, 0.2) is 30.6 Å². The first-order chi connectivity index (χ1) is 12.7. The minimum Gasteiger partial charge on any atom is -0.497 e. The van der Waals surface area contributed by atoms with E-state index in [0.29, 0.717) is 0 Å². The normalized spacial score (nSPS) is 15.4. The number of nitrogens with zero attached hydrogens (tertiary/aromatic N) is 5. The summed E-state index contributed by atoms with van der Waals surface area (Å²) in [5, 5.41) is 8.86. The van der Waals surface area contributed by atoms with Gasteiger partial charge in [-0.25, -0.2) is 4.98 Å². The quantitative estimate of drug-likeness (QED) is 0.719. The molecule has 0 spiro atoms. The summed E-state index contributed by atoms with van der Waals surface area (Å²) < 4.78 is 12.9. The van der Waals surface area contributed by atoms with Crippen molar-refractivity contribution in [3.05, 3.63) is 41.7 Å². The maximum Gasteiger partial charge on any atom is 0.179 e. The third-order valence-electron chi connectivity index (χ3n) is 5.06. The second-order valence-corrected chi connectivity index (χ2v) is 6.63. The van der Waals surface area contributed by atoms with Gasteiger partial charge in [-0.15, -0.1) is 14.8 Å². The van der Waals surface area contributed by atoms with Gasteiger partial charge >= 0.3 is 0 Å². The van der Waals surface area contributed by atoms with Crippen molar-refractivity contribution in [2.24, 2.45) is 0 Å². The van der Waals surface area contributed by atoms with E-state index < -0.39 is 0 Å². The van der Waals surface area contributed by atoms with Crippen LogP contribution in [-0.2, 0) is 0 Å². The molecule has 0 radical (unpaired) electrons. The Morgan fingerprint density at radius 1 is 1.00 bits per heavy atom. The van der Waals surface area contributed by atoms with Crippen molar-refractivity contribution >= 4 is 11.5 Å². The molecule has 1 aliphatic rings. The van der Waals surface area contributed by atoms with Gasteiger partial charge in [0.25, 0.3) is 0 Å². The van der Waals surface area contributed by atoms with Crippen LogP contribution in [0, 0.1) is 13.8 Å². The molecule has 0 amide bonds. The summed E-state index contributed by atoms with van der Waals surface area (Å²) in [5.41, 5.74) is 3.12. The van der Waals surface area contributed by atoms with Crippen molar-refractivity contribution in [1.82, 2.24) is 19.8 Å². The Bertz CT molecular complexity index is 898. The Morgan fingerprint density at radius 2 is 1.69 bits per heavy atom. The fourth-order valence-electron chi connectivity index (χ4n) is 3.39. The highest BCUT2D eigenvalue weighted by Gasteiger charge is 2.24. The van der Waals surface area contributed by atoms with Gasteiger partial charge in [-0.3, -0.25) is 0 Å². The lowest BCUT2D eigenvalue weighted by Gasteiger charge is -2.33. The number of aryl methyl sites for hydroxylation is 1. The van der Waals surface area contributed by atoms with E-state index in [1.165, 1.54) is 5.56 Å². The van der Waals surface area contributed by atoms with Crippen LogP contribution in [0.25, 0.3) is 5.65 Å². The Morgan fingerprint density at radius 3 is 2.38 bits per heavy atom. The molecule has 7 nitrogen and oxygen atoms in total. The minimum absolute atomic E-state index is 0.219. The zero-order valence-electron chi connectivity index (χ0n) is 15.3. The SMILES string of the molecule is COc1ccc(OC2CCN(c3nn4ncnc4c(C)c3C)CC2)cc1. The van der Waals surface area contributed by atoms with Gasteiger partial charge in [0.1, 0.15) is 23.9 Å². The van der Waals surface area contributed by atoms with Crippen molar-refractivity contribution in [3.63, 3.8) is 0 Å². The number of ether oxygens (including phenoxy) is 2. The number of methoxy groups -OCH3 is 1. The average molecular weight is 353 g/mol. The molecular weight excluding hydrogens is 330 g/mol. The fraction of sp³-hybridized carbons (Fsp3) is 0.421. The van der Waals surface area contributed by atoms with Crippen LogP contribution >= 0.6 is 0 Å². The summed E-state index contributed by atoms with van der Waals surface area (Å²) in [6.45, 7) is 6.00. The third-order valence-corrected chi connectivity index (χ3v) is 5.06. The van der Waals surface area contributed by atoms with Gasteiger partial charge in [-0.2, -0.15) is 0 Å². The number of rotatable bonds is 4. The molecule has 1 aromatic carbocycles. The molecule has 1 aliphatic heterocycles. The number of hydrogen-bond donors (Lipinski definition) is 0. The third kappa shape index (κ3) is 3.05. The molecule has 1 fully saturated rings. The number of fused-ring (bicyclic) bond motifs is 1. The largest absolute Gasteiger partial charge is 0.497 e. The topological polar surface area (TPSA) is 64.8 Å². The van der Waals surface area contributed by atoms with E-state index in [4.69, 9.17) is 9.47 Å². The predicted molar refractivity (Wildman–Crippen MR) is 99.1 cm³/mol. The Hall–Kier alpha value is -2.83. The van der Waals surface area contributed by atoms with Crippen LogP contribution in [-0.4, -0.2) is 46.1 Å². The van der Waals surface area contributed by atoms with Gasteiger partial charge in [0.15, 0.2) is 11.5 Å². The van der Waals surface area contributed by atoms with Gasteiger partial charge in [0, 0.05) is 37.1 Å². The van der Waals surface area contributed by atoms with Gasteiger partial charge in [0.05, 0.1) is 7.11 Å². The molecule has 0 aliphatic carbocycles. The van der Waals surface area contributed by atoms with E-state index >= 15 is 0 Å². The lowest BCUT2D eigenvalue weighted by atomic mass is 10.1. The van der Waals surface area contributed by atoms with E-state index in [9.17, 15) is 0 Å². The fourth-order valence-corrected chi connectivity index (χ4v) is 3.39. The van der Waals surface area contributed by atoms with Crippen LogP contribution in [0.1, 0.15) is 24.0 Å². The van der Waals surface area contributed by atoms with Gasteiger partial charge in [0.2, 0.25) is 0 Å². The lowest BCUT2D eigenvalue weighted by Crippen LogP contribution is -2.39. The Kier molecular flexibility index (Phi) is 4.36. The summed E-state index contributed by atoms with van der Waals surface area (Å²) in [6, 6.07) is 7.76. The summed E-state index contributed by atoms with van der Waals surface area (Å²) in [5.74, 6) is 2.72. The van der Waals surface area contributed by atoms with E-state index in [-0.39, 0.29) is 6.10 Å². The molecule has 2 aromatic heterocycles. The molecular formula is C19H23N5O2. The van der Waals surface area contributed by atoms with E-state index in [1.807, 2.05) is 24.3 Å². The number of anilines is 1. The highest BCUT2D eigenvalue weighted by Crippen LogP contribution is 2.27. The second-order valence-electron chi connectivity index (χ2n) is 6.63. The first-order valence-corrected chi connectivity index (χ1v) is 8.88. The van der Waals surface area contributed by atoms with Gasteiger partial charge < -0.3 is 14.4 Å². The molecule has 0 N–H and O–H groups in total. The van der Waals surface area contributed by atoms with Crippen molar-refractivity contribution < 1.29 is 9.47 Å². The summed E-state index contributed by atoms with van der Waals surface area (Å²) in [6.07, 6.45) is 3.69. The smallest absolute Gasteiger partial charge is 0.179 e. The Labute approximate surface area is 152 Å². The zero-order chi connectivity index (χ0) is 18.1. The number of piperidine rings is 1. The maximum atomic E-state index is 6.12. The molecule has 0 atom stereocenters. The molecule has 1 saturated heterocycles. The first-order valence-electron chi connectivity index (χ1n) is 8.88. The maximum absolute atomic E-state index is 6.12. The monoisotopic (exact) mass is 353 g/mol. The standard InChI is InChI=1S/C19H23N5O2/c1-13-14(2)19(22-24-18(13)20-12-21-24)23-10-8-17(9-11-23)26-16-6-4-15(25-3)5-7-16/h4-7,12,17H,8-11H2,1-3H3. The number of benzene rings is 1. The molecule has 3 aromatic rings. The van der Waals surface area contributed by atoms with Crippen LogP contribution in [0.4, 0.5) is 5.82 Å². The molecule has 136 valence electrons. The molecule has 0 bridgehead atoms. The molecule has 7 heteroatoms. The van der Waals surface area contributed by atoms with Crippen LogP contribution in [0.2, 0.25) is 0 Å². The van der Waals surface area contributed by atoms with Crippen molar-refractivity contribution in [1.29, 1.82) is 0 Å². The van der Waals surface area contributed by atoms with Crippen molar-refractivity contribution in [2.45, 2.75) is 32.8 Å². The van der Waals surface area contributed by atoms with Crippen LogP contribution < -0.4 is 14.4 Å². The molecule has 0 unspecified atom stereocenters. The molecule has 26 heavy (non-hydrogen) atoms. The van der Waals surface area contributed by atoms with Crippen molar-refractivity contribution in [3.8, 4) is 11.5 Å². The highest BCUT2D eigenvalue weighted by molar-refractivity contribution is 5.58. The molecule has 3 heterocycles. The highest BCUT2D eigenvalue weighted by atomic mass is 16.5. The van der Waals surface area contributed by atoms with E-state index in [1.54, 1.807) is 18.1 Å². The summed E-state index contributed by atoms with van der Waals surface area (Å²) >= 11 is 0. The summed E-state index contributed by atoms with van der Waals surface area (Å²) in [7, 11) is 1.67. The minimum atomic E-state index is 0.219. The predicted octanol–water partition coefficient (Wildman–Crippen LogP) is 2.80. The van der Waals surface area contributed by atoms with Crippen LogP contribution in [0.5, 0.6) is 11.5 Å². The lowest BCUT2D eigenvalue weighted by molar-refractivity contribution is 0.170. The van der Waals surface area contributed by atoms with Crippen molar-refractivity contribution in [2.75, 3.05) is 25.1 Å². The van der Waals surface area contributed by atoms with E-state index in [2.05, 4.69) is 33.9 Å². The van der Waals surface area contributed by atoms with Crippen LogP contribution in [0.3, 0.4) is 0 Å². The number of aromatic nitrogens is 4. The second kappa shape index (κ2) is 6.82. The average Bonchev–Trinajstić information content (AvgIpc) is 3.15. The van der Waals surface area contributed by atoms with Gasteiger partial charge in [-0.05, 0) is 38.1 Å². The van der Waals surface area contributed by atoms with E-state index in [0.717, 1.165) is 54.5 Å². The zero-order valence-corrected chi connectivity index (χ0v) is 15.3. The molecule has 0 saturated carbocycles. The van der Waals surface area contributed by atoms with Gasteiger partial charge in [-0.1, -0.05) is 0 Å². The number of hydrogen-bond acceptors (Lipinski definition) is 6. The Balaban J connectivity index is 1.44.